The molecular weight excluding hydrogens is 232 g/mol. The number of aromatic nitrogens is 2. The Balaban J connectivity index is 3.13. The Morgan fingerprint density at radius 3 is 2.69 bits per heavy atom. The molecule has 0 radical (unpaired) electrons. The number of amides is 1. The van der Waals surface area contributed by atoms with Gasteiger partial charge in [0.1, 0.15) is 10.6 Å². The first kappa shape index (κ1) is 12.5. The lowest BCUT2D eigenvalue weighted by atomic mass is 10.1. The number of nitrogens with zero attached hydrogens (tertiary/aromatic N) is 2. The summed E-state index contributed by atoms with van der Waals surface area (Å²) >= 11 is 5.82. The van der Waals surface area contributed by atoms with Crippen LogP contribution >= 0.6 is 11.6 Å². The van der Waals surface area contributed by atoms with Gasteiger partial charge in [0, 0.05) is 7.05 Å². The Hall–Kier alpha value is -1.56. The van der Waals surface area contributed by atoms with Crippen molar-refractivity contribution < 1.29 is 4.79 Å². The molecular formula is C9H13ClN4O2. The average molecular weight is 245 g/mol. The summed E-state index contributed by atoms with van der Waals surface area (Å²) in [6.07, 6.45) is 1.37. The highest BCUT2D eigenvalue weighted by Crippen LogP contribution is 2.19. The van der Waals surface area contributed by atoms with Gasteiger partial charge in [-0.2, -0.15) is 5.10 Å². The molecule has 0 aliphatic carbocycles. The molecule has 0 saturated heterocycles. The van der Waals surface area contributed by atoms with Gasteiger partial charge >= 0.3 is 0 Å². The Bertz CT molecular complexity index is 481. The topological polar surface area (TPSA) is 90.0 Å². The zero-order valence-electron chi connectivity index (χ0n) is 9.24. The molecule has 0 aliphatic rings. The second-order valence-corrected chi connectivity index (χ2v) is 4.29. The highest BCUT2D eigenvalue weighted by Gasteiger charge is 2.26. The molecule has 7 heteroatoms. The second-order valence-electron chi connectivity index (χ2n) is 3.92. The van der Waals surface area contributed by atoms with E-state index in [9.17, 15) is 9.59 Å². The van der Waals surface area contributed by atoms with Crippen LogP contribution in [0.15, 0.2) is 11.0 Å². The summed E-state index contributed by atoms with van der Waals surface area (Å²) in [5.41, 5.74) is 4.03. The summed E-state index contributed by atoms with van der Waals surface area (Å²) in [5.74, 6) is -0.552. The summed E-state index contributed by atoms with van der Waals surface area (Å²) in [6.45, 7) is 3.17. The van der Waals surface area contributed by atoms with Crippen molar-refractivity contribution in [3.63, 3.8) is 0 Å². The van der Waals surface area contributed by atoms with E-state index in [0.29, 0.717) is 0 Å². The molecule has 0 bridgehead atoms. The van der Waals surface area contributed by atoms with Crippen LogP contribution < -0.4 is 16.6 Å². The number of carbonyl (C=O) groups is 1. The minimum absolute atomic E-state index is 0.0215. The molecule has 0 aromatic carbocycles. The maximum absolute atomic E-state index is 11.5. The van der Waals surface area contributed by atoms with Crippen LogP contribution in [0.4, 0.5) is 5.69 Å². The molecule has 0 atom stereocenters. The van der Waals surface area contributed by atoms with Crippen molar-refractivity contribution in [3.8, 4) is 0 Å². The largest absolute Gasteiger partial charge is 0.369 e. The Kier molecular flexibility index (Phi) is 3.23. The van der Waals surface area contributed by atoms with E-state index in [1.165, 1.54) is 13.2 Å². The number of nitrogens with one attached hydrogen (secondary N) is 1. The first-order chi connectivity index (χ1) is 7.25. The van der Waals surface area contributed by atoms with Gasteiger partial charge in [0.25, 0.3) is 5.56 Å². The van der Waals surface area contributed by atoms with Crippen molar-refractivity contribution in [2.45, 2.75) is 19.4 Å². The van der Waals surface area contributed by atoms with Gasteiger partial charge in [0.15, 0.2) is 0 Å². The number of primary amides is 1. The summed E-state index contributed by atoms with van der Waals surface area (Å²) < 4.78 is 1.10. The molecule has 0 spiro atoms. The van der Waals surface area contributed by atoms with Gasteiger partial charge < -0.3 is 11.1 Å². The van der Waals surface area contributed by atoms with Gasteiger partial charge in [-0.05, 0) is 13.8 Å². The zero-order valence-corrected chi connectivity index (χ0v) is 10.00. The number of aryl methyl sites for hydroxylation is 1. The molecule has 16 heavy (non-hydrogen) atoms. The maximum atomic E-state index is 11.5. The fourth-order valence-corrected chi connectivity index (χ4v) is 1.21. The first-order valence-electron chi connectivity index (χ1n) is 4.55. The number of anilines is 1. The molecule has 1 heterocycles. The van der Waals surface area contributed by atoms with Crippen molar-refractivity contribution in [2.75, 3.05) is 5.32 Å². The predicted molar refractivity (Wildman–Crippen MR) is 61.4 cm³/mol. The van der Waals surface area contributed by atoms with E-state index in [2.05, 4.69) is 10.4 Å². The van der Waals surface area contributed by atoms with Gasteiger partial charge in [-0.15, -0.1) is 0 Å². The molecule has 1 aromatic heterocycles. The summed E-state index contributed by atoms with van der Waals surface area (Å²) in [7, 11) is 1.48. The highest BCUT2D eigenvalue weighted by atomic mass is 35.5. The molecule has 0 saturated carbocycles. The van der Waals surface area contributed by atoms with Gasteiger partial charge in [-0.1, -0.05) is 11.6 Å². The molecule has 0 fully saturated rings. The van der Waals surface area contributed by atoms with Crippen LogP contribution in [0.1, 0.15) is 13.8 Å². The minimum atomic E-state index is -1.00. The Labute approximate surface area is 97.4 Å². The predicted octanol–water partition coefficient (Wildman–Crippen LogP) is 0.110. The third-order valence-corrected chi connectivity index (χ3v) is 2.51. The standard InChI is InChI=1S/C9H13ClN4O2/c1-9(2,8(11)16)13-5-4-12-14(3)7(15)6(5)10/h4,13H,1-3H3,(H2,11,16). The minimum Gasteiger partial charge on any atom is -0.369 e. The van der Waals surface area contributed by atoms with Crippen molar-refractivity contribution in [1.29, 1.82) is 0 Å². The van der Waals surface area contributed by atoms with E-state index in [-0.39, 0.29) is 10.7 Å². The molecule has 88 valence electrons. The van der Waals surface area contributed by atoms with E-state index in [1.54, 1.807) is 13.8 Å². The normalized spacial score (nSPS) is 11.2. The molecule has 1 rings (SSSR count). The molecule has 1 amide bonds. The first-order valence-corrected chi connectivity index (χ1v) is 4.93. The fraction of sp³-hybridized carbons (Fsp3) is 0.444. The van der Waals surface area contributed by atoms with Crippen molar-refractivity contribution in [3.05, 3.63) is 21.6 Å². The van der Waals surface area contributed by atoms with E-state index in [1.807, 2.05) is 0 Å². The third kappa shape index (κ3) is 2.33. The highest BCUT2D eigenvalue weighted by molar-refractivity contribution is 6.33. The van der Waals surface area contributed by atoms with Gasteiger partial charge in [-0.25, -0.2) is 4.68 Å². The van der Waals surface area contributed by atoms with Crippen LogP contribution in [-0.2, 0) is 11.8 Å². The van der Waals surface area contributed by atoms with Gasteiger partial charge in [0.05, 0.1) is 11.9 Å². The molecule has 6 nitrogen and oxygen atoms in total. The number of hydrogen-bond donors (Lipinski definition) is 2. The van der Waals surface area contributed by atoms with Crippen molar-refractivity contribution >= 4 is 23.2 Å². The van der Waals surface area contributed by atoms with E-state index in [0.717, 1.165) is 4.68 Å². The number of carbonyl (C=O) groups excluding carboxylic acids is 1. The number of nitrogens with two attached hydrogens (primary N) is 1. The van der Waals surface area contributed by atoms with Crippen LogP contribution in [0, 0.1) is 0 Å². The Morgan fingerprint density at radius 2 is 2.19 bits per heavy atom. The maximum Gasteiger partial charge on any atom is 0.287 e. The van der Waals surface area contributed by atoms with Crippen LogP contribution in [0.2, 0.25) is 5.02 Å². The van der Waals surface area contributed by atoms with Crippen molar-refractivity contribution in [2.24, 2.45) is 12.8 Å². The van der Waals surface area contributed by atoms with Gasteiger partial charge in [-0.3, -0.25) is 9.59 Å². The monoisotopic (exact) mass is 244 g/mol. The summed E-state index contributed by atoms with van der Waals surface area (Å²) in [4.78, 5) is 22.6. The van der Waals surface area contributed by atoms with Gasteiger partial charge in [0.2, 0.25) is 5.91 Å². The second kappa shape index (κ2) is 4.13. The molecule has 0 unspecified atom stereocenters. The summed E-state index contributed by atoms with van der Waals surface area (Å²) in [6, 6.07) is 0. The Morgan fingerprint density at radius 1 is 1.62 bits per heavy atom. The smallest absolute Gasteiger partial charge is 0.287 e. The lowest BCUT2D eigenvalue weighted by Crippen LogP contribution is -2.45. The number of halogens is 1. The van der Waals surface area contributed by atoms with Crippen LogP contribution in [-0.4, -0.2) is 21.2 Å². The van der Waals surface area contributed by atoms with E-state index >= 15 is 0 Å². The number of hydrogen-bond acceptors (Lipinski definition) is 4. The molecule has 3 N–H and O–H groups in total. The summed E-state index contributed by atoms with van der Waals surface area (Å²) in [5, 5.41) is 6.54. The third-order valence-electron chi connectivity index (χ3n) is 2.14. The van der Waals surface area contributed by atoms with E-state index in [4.69, 9.17) is 17.3 Å². The fourth-order valence-electron chi connectivity index (χ4n) is 0.996. The van der Waals surface area contributed by atoms with Crippen LogP contribution in [0.5, 0.6) is 0 Å². The zero-order chi connectivity index (χ0) is 12.5. The molecule has 1 aromatic rings. The van der Waals surface area contributed by atoms with Crippen LogP contribution in [0.3, 0.4) is 0 Å². The average Bonchev–Trinajstić information content (AvgIpc) is 2.19. The SMILES string of the molecule is Cn1ncc(NC(C)(C)C(N)=O)c(Cl)c1=O. The van der Waals surface area contributed by atoms with Crippen LogP contribution in [0.25, 0.3) is 0 Å². The lowest BCUT2D eigenvalue weighted by Gasteiger charge is -2.23. The number of rotatable bonds is 3. The molecule has 0 aliphatic heterocycles. The lowest BCUT2D eigenvalue weighted by molar-refractivity contribution is -0.121. The quantitative estimate of drug-likeness (QED) is 0.790. The van der Waals surface area contributed by atoms with Crippen molar-refractivity contribution in [1.82, 2.24) is 9.78 Å². The van der Waals surface area contributed by atoms with E-state index < -0.39 is 17.0 Å².